The first-order valence-electron chi connectivity index (χ1n) is 9.02. The van der Waals surface area contributed by atoms with E-state index in [0.717, 1.165) is 18.6 Å². The van der Waals surface area contributed by atoms with E-state index in [9.17, 15) is 9.59 Å². The zero-order valence-electron chi connectivity index (χ0n) is 15.3. The van der Waals surface area contributed by atoms with Crippen LogP contribution in [0.2, 0.25) is 0 Å². The fourth-order valence-corrected chi connectivity index (χ4v) is 2.95. The normalized spacial score (nSPS) is 13.8. The van der Waals surface area contributed by atoms with E-state index in [1.54, 1.807) is 24.3 Å². The van der Waals surface area contributed by atoms with Crippen LogP contribution in [0.3, 0.4) is 0 Å². The smallest absolute Gasteiger partial charge is 0.343 e. The van der Waals surface area contributed by atoms with Crippen molar-refractivity contribution in [2.24, 2.45) is 0 Å². The fourth-order valence-electron chi connectivity index (χ4n) is 2.95. The number of hydrogen-bond donors (Lipinski definition) is 1. The van der Waals surface area contributed by atoms with Gasteiger partial charge in [-0.25, -0.2) is 4.79 Å². The Hall–Kier alpha value is -3.02. The molecule has 142 valence electrons. The molecule has 3 rings (SSSR count). The lowest BCUT2D eigenvalue weighted by atomic mass is 10.2. The van der Waals surface area contributed by atoms with Gasteiger partial charge in [0.15, 0.2) is 6.61 Å². The maximum absolute atomic E-state index is 12.4. The molecule has 1 fully saturated rings. The van der Waals surface area contributed by atoms with Crippen molar-refractivity contribution in [3.8, 4) is 11.5 Å². The van der Waals surface area contributed by atoms with Gasteiger partial charge in [-0.1, -0.05) is 6.07 Å². The van der Waals surface area contributed by atoms with Crippen LogP contribution in [0.25, 0.3) is 0 Å². The molecule has 0 aliphatic heterocycles. The summed E-state index contributed by atoms with van der Waals surface area (Å²) in [4.78, 5) is 23.6. The summed E-state index contributed by atoms with van der Waals surface area (Å²) in [5.74, 6) is 0.499. The molecule has 1 saturated carbocycles. The lowest BCUT2D eigenvalue weighted by Gasteiger charge is -2.13. The predicted molar refractivity (Wildman–Crippen MR) is 101 cm³/mol. The molecule has 0 aromatic heterocycles. The average Bonchev–Trinajstić information content (AvgIpc) is 3.21. The summed E-state index contributed by atoms with van der Waals surface area (Å²) in [6, 6.07) is 14.0. The zero-order valence-corrected chi connectivity index (χ0v) is 15.3. The van der Waals surface area contributed by atoms with Gasteiger partial charge in [-0.2, -0.15) is 0 Å². The van der Waals surface area contributed by atoms with Crippen molar-refractivity contribution in [1.82, 2.24) is 0 Å². The van der Waals surface area contributed by atoms with Crippen LogP contribution in [-0.4, -0.2) is 31.7 Å². The van der Waals surface area contributed by atoms with Crippen molar-refractivity contribution in [3.63, 3.8) is 0 Å². The second kappa shape index (κ2) is 9.07. The minimum absolute atomic E-state index is 0.204. The molecule has 0 saturated heterocycles. The second-order valence-corrected chi connectivity index (χ2v) is 6.40. The molecule has 1 aliphatic carbocycles. The lowest BCUT2D eigenvalue weighted by Crippen LogP contribution is -2.14. The SMILES string of the molecule is COC(=O)COc1cccc(C(=O)Nc2ccc(OC3CCCC3)cc2)c1. The molecule has 0 atom stereocenters. The maximum Gasteiger partial charge on any atom is 0.343 e. The Labute approximate surface area is 158 Å². The molecule has 1 N–H and O–H groups in total. The number of carbonyl (C=O) groups is 2. The third-order valence-corrected chi connectivity index (χ3v) is 4.40. The molecule has 0 unspecified atom stereocenters. The fraction of sp³-hybridized carbons (Fsp3) is 0.333. The van der Waals surface area contributed by atoms with Crippen LogP contribution in [0.5, 0.6) is 11.5 Å². The van der Waals surface area contributed by atoms with Crippen LogP contribution in [0, 0.1) is 0 Å². The number of ether oxygens (including phenoxy) is 3. The number of esters is 1. The molecular formula is C21H23NO5. The molecule has 2 aromatic rings. The van der Waals surface area contributed by atoms with Gasteiger partial charge in [-0.05, 0) is 68.1 Å². The third-order valence-electron chi connectivity index (χ3n) is 4.40. The van der Waals surface area contributed by atoms with Crippen molar-refractivity contribution >= 4 is 17.6 Å². The summed E-state index contributed by atoms with van der Waals surface area (Å²) in [5.41, 5.74) is 1.11. The van der Waals surface area contributed by atoms with E-state index in [2.05, 4.69) is 10.1 Å². The molecule has 27 heavy (non-hydrogen) atoms. The van der Waals surface area contributed by atoms with E-state index < -0.39 is 5.97 Å². The average molecular weight is 369 g/mol. The predicted octanol–water partition coefficient (Wildman–Crippen LogP) is 3.81. The van der Waals surface area contributed by atoms with Gasteiger partial charge in [-0.15, -0.1) is 0 Å². The highest BCUT2D eigenvalue weighted by Crippen LogP contribution is 2.25. The lowest BCUT2D eigenvalue weighted by molar-refractivity contribution is -0.142. The van der Waals surface area contributed by atoms with Crippen molar-refractivity contribution in [3.05, 3.63) is 54.1 Å². The second-order valence-electron chi connectivity index (χ2n) is 6.40. The molecule has 0 radical (unpaired) electrons. The highest BCUT2D eigenvalue weighted by atomic mass is 16.6. The first-order valence-corrected chi connectivity index (χ1v) is 9.02. The molecule has 6 heteroatoms. The molecule has 0 bridgehead atoms. The van der Waals surface area contributed by atoms with Gasteiger partial charge in [0.1, 0.15) is 11.5 Å². The van der Waals surface area contributed by atoms with Gasteiger partial charge in [0.25, 0.3) is 5.91 Å². The maximum atomic E-state index is 12.4. The summed E-state index contributed by atoms with van der Waals surface area (Å²) in [5, 5.41) is 2.84. The van der Waals surface area contributed by atoms with Crippen LogP contribution < -0.4 is 14.8 Å². The standard InChI is InChI=1S/C21H23NO5/c1-25-20(23)14-26-19-8-4-5-15(13-19)21(24)22-16-9-11-18(12-10-16)27-17-6-2-3-7-17/h4-5,8-13,17H,2-3,6-7,14H2,1H3,(H,22,24). The number of anilines is 1. The minimum Gasteiger partial charge on any atom is -0.490 e. The quantitative estimate of drug-likeness (QED) is 0.751. The Morgan fingerprint density at radius 1 is 1.04 bits per heavy atom. The van der Waals surface area contributed by atoms with Gasteiger partial charge >= 0.3 is 5.97 Å². The number of carbonyl (C=O) groups excluding carboxylic acids is 2. The van der Waals surface area contributed by atoms with E-state index in [1.165, 1.54) is 20.0 Å². The van der Waals surface area contributed by atoms with Crippen LogP contribution in [0.15, 0.2) is 48.5 Å². The molecule has 1 aliphatic rings. The summed E-state index contributed by atoms with van der Waals surface area (Å²) in [6.45, 7) is -0.204. The summed E-state index contributed by atoms with van der Waals surface area (Å²) < 4.78 is 15.8. The van der Waals surface area contributed by atoms with Crippen LogP contribution >= 0.6 is 0 Å². The molecule has 1 amide bonds. The molecular weight excluding hydrogens is 346 g/mol. The van der Waals surface area contributed by atoms with E-state index in [4.69, 9.17) is 9.47 Å². The number of rotatable bonds is 7. The Morgan fingerprint density at radius 3 is 2.48 bits per heavy atom. The van der Waals surface area contributed by atoms with Gasteiger partial charge in [-0.3, -0.25) is 4.79 Å². The molecule has 0 heterocycles. The number of nitrogens with one attached hydrogen (secondary N) is 1. The number of hydrogen-bond acceptors (Lipinski definition) is 5. The van der Waals surface area contributed by atoms with Gasteiger partial charge in [0, 0.05) is 11.3 Å². The van der Waals surface area contributed by atoms with Crippen LogP contribution in [-0.2, 0) is 9.53 Å². The Kier molecular flexibility index (Phi) is 6.30. The topological polar surface area (TPSA) is 73.9 Å². The third kappa shape index (κ3) is 5.48. The first-order chi connectivity index (χ1) is 13.1. The zero-order chi connectivity index (χ0) is 19.1. The Morgan fingerprint density at radius 2 is 1.78 bits per heavy atom. The minimum atomic E-state index is -0.482. The Bertz CT molecular complexity index is 781. The van der Waals surface area contributed by atoms with Crippen LogP contribution in [0.1, 0.15) is 36.0 Å². The number of methoxy groups -OCH3 is 1. The van der Waals surface area contributed by atoms with Gasteiger partial charge in [0.05, 0.1) is 13.2 Å². The summed E-state index contributed by atoms with van der Waals surface area (Å²) in [6.07, 6.45) is 4.96. The highest BCUT2D eigenvalue weighted by Gasteiger charge is 2.16. The van der Waals surface area contributed by atoms with Gasteiger partial charge in [0.2, 0.25) is 0 Å². The highest BCUT2D eigenvalue weighted by molar-refractivity contribution is 6.04. The van der Waals surface area contributed by atoms with Crippen LogP contribution in [0.4, 0.5) is 5.69 Å². The summed E-state index contributed by atoms with van der Waals surface area (Å²) >= 11 is 0. The summed E-state index contributed by atoms with van der Waals surface area (Å²) in [7, 11) is 1.29. The van der Waals surface area contributed by atoms with E-state index in [0.29, 0.717) is 23.1 Å². The van der Waals surface area contributed by atoms with Gasteiger partial charge < -0.3 is 19.5 Å². The largest absolute Gasteiger partial charge is 0.490 e. The van der Waals surface area contributed by atoms with E-state index in [1.807, 2.05) is 24.3 Å². The number of amides is 1. The van der Waals surface area contributed by atoms with Crippen molar-refractivity contribution < 1.29 is 23.8 Å². The molecule has 6 nitrogen and oxygen atoms in total. The first kappa shape index (κ1) is 18.8. The monoisotopic (exact) mass is 369 g/mol. The van der Waals surface area contributed by atoms with Crippen molar-refractivity contribution in [2.75, 3.05) is 19.0 Å². The molecule has 0 spiro atoms. The van der Waals surface area contributed by atoms with E-state index in [-0.39, 0.29) is 12.5 Å². The van der Waals surface area contributed by atoms with Crippen molar-refractivity contribution in [2.45, 2.75) is 31.8 Å². The number of benzene rings is 2. The Balaban J connectivity index is 1.57. The van der Waals surface area contributed by atoms with E-state index >= 15 is 0 Å². The molecule has 2 aromatic carbocycles. The van der Waals surface area contributed by atoms with Crippen molar-refractivity contribution in [1.29, 1.82) is 0 Å².